The molecule has 0 aliphatic heterocycles. The minimum Gasteiger partial charge on any atom is -0.271 e. The standard InChI is InChI=1S/C12H21BrN4/c1-3-9-12(13)11(17(4-2)16-9)7-10(15-14)8-5-6-8/h8,10,15H,3-7,14H2,1-2H3. The zero-order chi connectivity index (χ0) is 12.4. The minimum absolute atomic E-state index is 0.387. The summed E-state index contributed by atoms with van der Waals surface area (Å²) < 4.78 is 3.26. The average Bonchev–Trinajstić information content (AvgIpc) is 3.13. The van der Waals surface area contributed by atoms with Gasteiger partial charge in [0.1, 0.15) is 0 Å². The maximum Gasteiger partial charge on any atom is 0.0766 e. The van der Waals surface area contributed by atoms with E-state index in [9.17, 15) is 0 Å². The van der Waals surface area contributed by atoms with E-state index in [1.807, 2.05) is 0 Å². The summed E-state index contributed by atoms with van der Waals surface area (Å²) in [5.41, 5.74) is 5.38. The lowest BCUT2D eigenvalue weighted by Crippen LogP contribution is -2.39. The molecule has 1 aliphatic rings. The number of halogens is 1. The number of rotatable bonds is 6. The molecule has 1 heterocycles. The molecule has 0 aromatic carbocycles. The van der Waals surface area contributed by atoms with Gasteiger partial charge in [0.05, 0.1) is 15.9 Å². The zero-order valence-electron chi connectivity index (χ0n) is 10.5. The molecule has 0 spiro atoms. The van der Waals surface area contributed by atoms with Gasteiger partial charge < -0.3 is 0 Å². The van der Waals surface area contributed by atoms with Gasteiger partial charge in [0.25, 0.3) is 0 Å². The van der Waals surface area contributed by atoms with Crippen molar-refractivity contribution in [1.29, 1.82) is 0 Å². The Morgan fingerprint density at radius 1 is 1.53 bits per heavy atom. The summed E-state index contributed by atoms with van der Waals surface area (Å²) in [6.07, 6.45) is 4.52. The van der Waals surface area contributed by atoms with Gasteiger partial charge in [0.15, 0.2) is 0 Å². The normalized spacial score (nSPS) is 17.4. The Morgan fingerprint density at radius 3 is 2.71 bits per heavy atom. The topological polar surface area (TPSA) is 55.9 Å². The smallest absolute Gasteiger partial charge is 0.0766 e. The maximum absolute atomic E-state index is 5.65. The number of nitrogens with one attached hydrogen (secondary N) is 1. The SMILES string of the molecule is CCc1nn(CC)c(CC(NN)C2CC2)c1Br. The van der Waals surface area contributed by atoms with E-state index in [0.29, 0.717) is 6.04 Å². The fourth-order valence-electron chi connectivity index (χ4n) is 2.28. The van der Waals surface area contributed by atoms with E-state index >= 15 is 0 Å². The number of nitrogens with two attached hydrogens (primary N) is 1. The average molecular weight is 301 g/mol. The molecule has 1 aromatic heterocycles. The highest BCUT2D eigenvalue weighted by atomic mass is 79.9. The molecule has 1 aromatic rings. The third-order valence-electron chi connectivity index (χ3n) is 3.51. The molecule has 4 nitrogen and oxygen atoms in total. The second-order valence-electron chi connectivity index (χ2n) is 4.69. The van der Waals surface area contributed by atoms with E-state index in [1.54, 1.807) is 0 Å². The number of aromatic nitrogens is 2. The molecule has 0 saturated heterocycles. The molecule has 1 aliphatic carbocycles. The van der Waals surface area contributed by atoms with Crippen LogP contribution in [0.25, 0.3) is 0 Å². The maximum atomic E-state index is 5.65. The van der Waals surface area contributed by atoms with Crippen molar-refractivity contribution in [3.8, 4) is 0 Å². The molecular formula is C12H21BrN4. The summed E-state index contributed by atoms with van der Waals surface area (Å²) in [7, 11) is 0. The molecule has 0 radical (unpaired) electrons. The van der Waals surface area contributed by atoms with E-state index in [2.05, 4.69) is 45.0 Å². The van der Waals surface area contributed by atoms with Crippen molar-refractivity contribution >= 4 is 15.9 Å². The first-order valence-electron chi connectivity index (χ1n) is 6.41. The Morgan fingerprint density at radius 2 is 2.24 bits per heavy atom. The summed E-state index contributed by atoms with van der Waals surface area (Å²) in [5, 5.41) is 4.62. The molecule has 1 saturated carbocycles. The van der Waals surface area contributed by atoms with E-state index in [-0.39, 0.29) is 0 Å². The fourth-order valence-corrected chi connectivity index (χ4v) is 3.01. The molecule has 96 valence electrons. The third kappa shape index (κ3) is 2.72. The highest BCUT2D eigenvalue weighted by Crippen LogP contribution is 2.35. The Balaban J connectivity index is 2.20. The second-order valence-corrected chi connectivity index (χ2v) is 5.48. The molecule has 5 heteroatoms. The molecule has 3 N–H and O–H groups in total. The Hall–Kier alpha value is -0.390. The van der Waals surface area contributed by atoms with Crippen molar-refractivity contribution in [2.24, 2.45) is 11.8 Å². The lowest BCUT2D eigenvalue weighted by atomic mass is 10.1. The van der Waals surface area contributed by atoms with Gasteiger partial charge in [-0.2, -0.15) is 5.10 Å². The van der Waals surface area contributed by atoms with Gasteiger partial charge >= 0.3 is 0 Å². The Labute approximate surface area is 111 Å². The summed E-state index contributed by atoms with van der Waals surface area (Å²) in [6, 6.07) is 0.387. The monoisotopic (exact) mass is 300 g/mol. The Bertz CT molecular complexity index is 384. The van der Waals surface area contributed by atoms with Crippen LogP contribution in [-0.4, -0.2) is 15.8 Å². The number of nitrogens with zero attached hydrogens (tertiary/aromatic N) is 2. The van der Waals surface area contributed by atoms with E-state index in [1.165, 1.54) is 23.0 Å². The first-order valence-corrected chi connectivity index (χ1v) is 7.20. The predicted octanol–water partition coefficient (Wildman–Crippen LogP) is 2.01. The van der Waals surface area contributed by atoms with Crippen molar-refractivity contribution < 1.29 is 0 Å². The van der Waals surface area contributed by atoms with Crippen LogP contribution in [-0.2, 0) is 19.4 Å². The lowest BCUT2D eigenvalue weighted by Gasteiger charge is -2.15. The van der Waals surface area contributed by atoms with Crippen molar-refractivity contribution in [3.63, 3.8) is 0 Å². The van der Waals surface area contributed by atoms with Crippen LogP contribution >= 0.6 is 15.9 Å². The molecule has 1 unspecified atom stereocenters. The predicted molar refractivity (Wildman–Crippen MR) is 72.5 cm³/mol. The largest absolute Gasteiger partial charge is 0.271 e. The van der Waals surface area contributed by atoms with Crippen molar-refractivity contribution in [2.45, 2.75) is 52.1 Å². The van der Waals surface area contributed by atoms with Crippen LogP contribution < -0.4 is 11.3 Å². The van der Waals surface area contributed by atoms with Crippen LogP contribution in [0, 0.1) is 5.92 Å². The summed E-state index contributed by atoms with van der Waals surface area (Å²) >= 11 is 3.68. The molecule has 1 atom stereocenters. The highest BCUT2D eigenvalue weighted by Gasteiger charge is 2.32. The van der Waals surface area contributed by atoms with E-state index in [4.69, 9.17) is 5.84 Å². The van der Waals surface area contributed by atoms with Crippen molar-refractivity contribution in [1.82, 2.24) is 15.2 Å². The minimum atomic E-state index is 0.387. The van der Waals surface area contributed by atoms with Crippen LogP contribution in [0.4, 0.5) is 0 Å². The summed E-state index contributed by atoms with van der Waals surface area (Å²) in [4.78, 5) is 0. The van der Waals surface area contributed by atoms with Gasteiger partial charge in [-0.25, -0.2) is 0 Å². The lowest BCUT2D eigenvalue weighted by molar-refractivity contribution is 0.453. The molecule has 0 bridgehead atoms. The van der Waals surface area contributed by atoms with Crippen LogP contribution in [0.5, 0.6) is 0 Å². The van der Waals surface area contributed by atoms with Gasteiger partial charge in [0, 0.05) is 19.0 Å². The van der Waals surface area contributed by atoms with Crippen LogP contribution in [0.1, 0.15) is 38.1 Å². The summed E-state index contributed by atoms with van der Waals surface area (Å²) in [6.45, 7) is 5.18. The first kappa shape index (κ1) is 13.1. The molecule has 0 amide bonds. The number of aryl methyl sites for hydroxylation is 2. The van der Waals surface area contributed by atoms with Crippen molar-refractivity contribution in [2.75, 3.05) is 0 Å². The number of hydrogen-bond donors (Lipinski definition) is 2. The Kier molecular flexibility index (Phi) is 4.22. The fraction of sp³-hybridized carbons (Fsp3) is 0.750. The zero-order valence-corrected chi connectivity index (χ0v) is 12.1. The highest BCUT2D eigenvalue weighted by molar-refractivity contribution is 9.10. The molecular weight excluding hydrogens is 280 g/mol. The van der Waals surface area contributed by atoms with Gasteiger partial charge in [-0.3, -0.25) is 16.0 Å². The van der Waals surface area contributed by atoms with Crippen LogP contribution in [0.2, 0.25) is 0 Å². The quantitative estimate of drug-likeness (QED) is 0.624. The number of hydrazine groups is 1. The van der Waals surface area contributed by atoms with Gasteiger partial charge in [-0.05, 0) is 48.0 Å². The third-order valence-corrected chi connectivity index (χ3v) is 4.43. The van der Waals surface area contributed by atoms with Crippen LogP contribution in [0.15, 0.2) is 4.47 Å². The van der Waals surface area contributed by atoms with Crippen LogP contribution in [0.3, 0.4) is 0 Å². The van der Waals surface area contributed by atoms with E-state index in [0.717, 1.165) is 31.0 Å². The summed E-state index contributed by atoms with van der Waals surface area (Å²) in [5.74, 6) is 6.39. The molecule has 2 rings (SSSR count). The first-order chi connectivity index (χ1) is 8.21. The van der Waals surface area contributed by atoms with E-state index < -0.39 is 0 Å². The second kappa shape index (κ2) is 5.50. The van der Waals surface area contributed by atoms with Crippen molar-refractivity contribution in [3.05, 3.63) is 15.9 Å². The molecule has 1 fully saturated rings. The van der Waals surface area contributed by atoms with Gasteiger partial charge in [-0.15, -0.1) is 0 Å². The number of hydrogen-bond acceptors (Lipinski definition) is 3. The van der Waals surface area contributed by atoms with Gasteiger partial charge in [-0.1, -0.05) is 6.92 Å². The van der Waals surface area contributed by atoms with Gasteiger partial charge in [0.2, 0.25) is 0 Å². The molecule has 17 heavy (non-hydrogen) atoms.